The fraction of sp³-hybridized carbons (Fsp3) is 1.00. The van der Waals surface area contributed by atoms with Gasteiger partial charge in [-0.3, -0.25) is 0 Å². The zero-order chi connectivity index (χ0) is 18.9. The highest BCUT2D eigenvalue weighted by atomic mass is 16.8. The Kier molecular flexibility index (Phi) is 6.73. The Morgan fingerprint density at radius 2 is 1.48 bits per heavy atom. The van der Waals surface area contributed by atoms with E-state index < -0.39 is 74.1 Å². The van der Waals surface area contributed by atoms with Crippen LogP contribution in [-0.2, 0) is 18.9 Å². The molecule has 148 valence electrons. The molecule has 0 aromatic heterocycles. The van der Waals surface area contributed by atoms with Crippen molar-refractivity contribution in [2.24, 2.45) is 0 Å². The summed E-state index contributed by atoms with van der Waals surface area (Å²) >= 11 is 0. The molecule has 2 aliphatic rings. The van der Waals surface area contributed by atoms with Gasteiger partial charge in [-0.25, -0.2) is 0 Å². The van der Waals surface area contributed by atoms with E-state index in [1.807, 2.05) is 0 Å². The van der Waals surface area contributed by atoms with Gasteiger partial charge in [-0.2, -0.15) is 0 Å². The molecule has 0 aliphatic carbocycles. The standard InChI is InChI=1S/C14H26O11/c1-14(12(21)9(19)7(17)5(3-15)24-14)25-11-6(4-16)23-13(22-2)10(20)8(11)18/h5-13,15-21H,3-4H2,1-2H3/t5-,6-,7+,8-,9+,10-,11-,12-,13+,14-/m1/s1. The monoisotopic (exact) mass is 370 g/mol. The minimum Gasteiger partial charge on any atom is -0.394 e. The first-order valence-electron chi connectivity index (χ1n) is 7.86. The summed E-state index contributed by atoms with van der Waals surface area (Å²) in [4.78, 5) is 0. The second kappa shape index (κ2) is 8.06. The third-order valence-electron chi connectivity index (χ3n) is 4.58. The van der Waals surface area contributed by atoms with Crippen LogP contribution >= 0.6 is 0 Å². The number of aliphatic hydroxyl groups excluding tert-OH is 7. The predicted octanol–water partition coefficient (Wildman–Crippen LogP) is -4.35. The number of rotatable bonds is 5. The van der Waals surface area contributed by atoms with E-state index >= 15 is 0 Å². The third-order valence-corrected chi connectivity index (χ3v) is 4.58. The van der Waals surface area contributed by atoms with E-state index in [9.17, 15) is 35.7 Å². The summed E-state index contributed by atoms with van der Waals surface area (Å²) in [6.07, 6.45) is -13.0. The van der Waals surface area contributed by atoms with E-state index in [0.29, 0.717) is 0 Å². The maximum absolute atomic E-state index is 10.3. The molecule has 11 nitrogen and oxygen atoms in total. The fourth-order valence-electron chi connectivity index (χ4n) is 3.06. The van der Waals surface area contributed by atoms with Crippen molar-refractivity contribution in [1.29, 1.82) is 0 Å². The van der Waals surface area contributed by atoms with Crippen molar-refractivity contribution in [3.8, 4) is 0 Å². The first-order valence-corrected chi connectivity index (χ1v) is 7.86. The third kappa shape index (κ3) is 3.82. The van der Waals surface area contributed by atoms with Crippen molar-refractivity contribution in [3.63, 3.8) is 0 Å². The van der Waals surface area contributed by atoms with E-state index in [1.54, 1.807) is 0 Å². The van der Waals surface area contributed by atoms with E-state index in [4.69, 9.17) is 18.9 Å². The van der Waals surface area contributed by atoms with Gasteiger partial charge in [0.15, 0.2) is 12.1 Å². The first-order chi connectivity index (χ1) is 11.7. The average molecular weight is 370 g/mol. The van der Waals surface area contributed by atoms with E-state index in [-0.39, 0.29) is 0 Å². The van der Waals surface area contributed by atoms with Gasteiger partial charge in [0, 0.05) is 7.11 Å². The summed E-state index contributed by atoms with van der Waals surface area (Å²) in [5.41, 5.74) is 0. The van der Waals surface area contributed by atoms with Crippen LogP contribution in [0.1, 0.15) is 6.92 Å². The quantitative estimate of drug-likeness (QED) is 0.249. The second-order valence-electron chi connectivity index (χ2n) is 6.31. The van der Waals surface area contributed by atoms with Crippen LogP contribution < -0.4 is 0 Å². The van der Waals surface area contributed by atoms with Gasteiger partial charge in [0.25, 0.3) is 0 Å². The molecule has 0 amide bonds. The van der Waals surface area contributed by atoms with Crippen molar-refractivity contribution >= 4 is 0 Å². The number of hydrogen-bond donors (Lipinski definition) is 7. The number of ether oxygens (including phenoxy) is 4. The number of aliphatic hydroxyl groups is 7. The van der Waals surface area contributed by atoms with Crippen LogP contribution in [0.2, 0.25) is 0 Å². The molecule has 0 radical (unpaired) electrons. The maximum atomic E-state index is 10.3. The Labute approximate surface area is 143 Å². The van der Waals surface area contributed by atoms with Crippen LogP contribution in [0.4, 0.5) is 0 Å². The van der Waals surface area contributed by atoms with Gasteiger partial charge >= 0.3 is 0 Å². The number of methoxy groups -OCH3 is 1. The Bertz CT molecular complexity index is 433. The van der Waals surface area contributed by atoms with E-state index in [2.05, 4.69) is 0 Å². The summed E-state index contributed by atoms with van der Waals surface area (Å²) in [5, 5.41) is 68.9. The van der Waals surface area contributed by atoms with Crippen molar-refractivity contribution < 1.29 is 54.7 Å². The number of hydrogen-bond acceptors (Lipinski definition) is 11. The van der Waals surface area contributed by atoms with Gasteiger partial charge < -0.3 is 54.7 Å². The lowest BCUT2D eigenvalue weighted by molar-refractivity contribution is -0.397. The lowest BCUT2D eigenvalue weighted by Gasteiger charge is -2.50. The fourth-order valence-corrected chi connectivity index (χ4v) is 3.06. The summed E-state index contributed by atoms with van der Waals surface area (Å²) in [5.74, 6) is -1.96. The average Bonchev–Trinajstić information content (AvgIpc) is 2.61. The molecular formula is C14H26O11. The van der Waals surface area contributed by atoms with Crippen molar-refractivity contribution in [3.05, 3.63) is 0 Å². The Balaban J connectivity index is 2.22. The summed E-state index contributed by atoms with van der Waals surface area (Å²) in [7, 11) is 1.25. The molecule has 2 aliphatic heterocycles. The molecule has 11 heteroatoms. The molecule has 2 rings (SSSR count). The predicted molar refractivity (Wildman–Crippen MR) is 78.0 cm³/mol. The van der Waals surface area contributed by atoms with Crippen LogP contribution in [-0.4, -0.2) is 117 Å². The van der Waals surface area contributed by atoms with Gasteiger partial charge in [0.1, 0.15) is 48.8 Å². The van der Waals surface area contributed by atoms with Crippen LogP contribution in [0.3, 0.4) is 0 Å². The molecule has 0 saturated carbocycles. The zero-order valence-electron chi connectivity index (χ0n) is 13.9. The molecule has 10 atom stereocenters. The topological polar surface area (TPSA) is 179 Å². The largest absolute Gasteiger partial charge is 0.394 e. The molecule has 0 unspecified atom stereocenters. The Morgan fingerprint density at radius 1 is 0.880 bits per heavy atom. The summed E-state index contributed by atoms with van der Waals surface area (Å²) in [6.45, 7) is -0.0358. The first kappa shape index (κ1) is 20.9. The second-order valence-corrected chi connectivity index (χ2v) is 6.31. The molecule has 0 spiro atoms. The molecular weight excluding hydrogens is 344 g/mol. The molecule has 7 N–H and O–H groups in total. The molecule has 0 aromatic carbocycles. The summed E-state index contributed by atoms with van der Waals surface area (Å²) < 4.78 is 21.1. The molecule has 0 bridgehead atoms. The molecule has 25 heavy (non-hydrogen) atoms. The lowest BCUT2D eigenvalue weighted by atomic mass is 9.92. The van der Waals surface area contributed by atoms with Crippen LogP contribution in [0, 0.1) is 0 Å². The van der Waals surface area contributed by atoms with Crippen LogP contribution in [0.5, 0.6) is 0 Å². The van der Waals surface area contributed by atoms with Gasteiger partial charge in [0.05, 0.1) is 13.2 Å². The van der Waals surface area contributed by atoms with Crippen LogP contribution in [0.15, 0.2) is 0 Å². The van der Waals surface area contributed by atoms with E-state index in [1.165, 1.54) is 14.0 Å². The minimum atomic E-state index is -1.96. The van der Waals surface area contributed by atoms with Crippen molar-refractivity contribution in [1.82, 2.24) is 0 Å². The highest BCUT2D eigenvalue weighted by molar-refractivity contribution is 4.98. The zero-order valence-corrected chi connectivity index (χ0v) is 13.9. The molecule has 2 saturated heterocycles. The molecule has 0 aromatic rings. The van der Waals surface area contributed by atoms with Gasteiger partial charge in [-0.15, -0.1) is 0 Å². The molecule has 2 fully saturated rings. The van der Waals surface area contributed by atoms with Gasteiger partial charge in [0.2, 0.25) is 0 Å². The van der Waals surface area contributed by atoms with Crippen LogP contribution in [0.25, 0.3) is 0 Å². The SMILES string of the molecule is CO[C@H]1O[C@H](CO)[C@@H](O[C@@]2(C)O[C@H](CO)[C@H](O)[C@H](O)[C@H]2O)[C@H](O)[C@H]1O. The molecule has 2 heterocycles. The highest BCUT2D eigenvalue weighted by Crippen LogP contribution is 2.35. The van der Waals surface area contributed by atoms with E-state index in [0.717, 1.165) is 0 Å². The Morgan fingerprint density at radius 3 is 2.00 bits per heavy atom. The summed E-state index contributed by atoms with van der Waals surface area (Å²) in [6, 6.07) is 0. The normalized spacial score (nSPS) is 51.5. The Hall–Kier alpha value is -0.440. The minimum absolute atomic E-state index is 0.602. The van der Waals surface area contributed by atoms with Crippen molar-refractivity contribution in [2.75, 3.05) is 20.3 Å². The highest BCUT2D eigenvalue weighted by Gasteiger charge is 2.55. The smallest absolute Gasteiger partial charge is 0.195 e. The van der Waals surface area contributed by atoms with Gasteiger partial charge in [-0.05, 0) is 6.92 Å². The van der Waals surface area contributed by atoms with Gasteiger partial charge in [-0.1, -0.05) is 0 Å². The van der Waals surface area contributed by atoms with Crippen molar-refractivity contribution in [2.45, 2.75) is 67.8 Å². The lowest BCUT2D eigenvalue weighted by Crippen LogP contribution is -2.68. The maximum Gasteiger partial charge on any atom is 0.195 e.